The van der Waals surface area contributed by atoms with Crippen LogP contribution in [0.3, 0.4) is 0 Å². The van der Waals surface area contributed by atoms with Crippen LogP contribution < -0.4 is 4.57 Å². The Bertz CT molecular complexity index is 1690. The Morgan fingerprint density at radius 1 is 0.897 bits per heavy atom. The molecule has 0 bridgehead atoms. The van der Waals surface area contributed by atoms with E-state index >= 15 is 0 Å². The molecule has 0 saturated heterocycles. The maximum absolute atomic E-state index is 14.7. The van der Waals surface area contributed by atoms with Gasteiger partial charge in [0.2, 0.25) is 11.4 Å². The van der Waals surface area contributed by atoms with Crippen LogP contribution in [0.4, 0.5) is 4.39 Å². The molecule has 0 fully saturated rings. The van der Waals surface area contributed by atoms with Crippen LogP contribution in [0.25, 0.3) is 28.1 Å². The lowest BCUT2D eigenvalue weighted by atomic mass is 9.75. The van der Waals surface area contributed by atoms with Crippen molar-refractivity contribution in [3.05, 3.63) is 132 Å². The van der Waals surface area contributed by atoms with E-state index in [-0.39, 0.29) is 23.9 Å². The number of pyridine rings is 1. The molecule has 0 spiro atoms. The smallest absolute Gasteiger partial charge is 0.218 e. The average molecular weight is 513 g/mol. The first kappa shape index (κ1) is 22.8. The number of fused-ring (bicyclic) bond motifs is 6. The van der Waals surface area contributed by atoms with Crippen molar-refractivity contribution in [1.29, 1.82) is 0 Å². The van der Waals surface area contributed by atoms with Crippen molar-refractivity contribution in [2.24, 2.45) is 0 Å². The second-order valence-electron chi connectivity index (χ2n) is 11.4. The lowest BCUT2D eigenvalue weighted by Gasteiger charge is -2.48. The highest BCUT2D eigenvalue weighted by Crippen LogP contribution is 2.51. The number of halogens is 1. The monoisotopic (exact) mass is 512 g/mol. The minimum absolute atomic E-state index is 0.0892. The fraction of sp³-hybridized carbons (Fsp3) is 0.229. The van der Waals surface area contributed by atoms with E-state index in [0.717, 1.165) is 48.3 Å². The summed E-state index contributed by atoms with van der Waals surface area (Å²) in [4.78, 5) is 5.04. The molecule has 4 aliphatic heterocycles. The van der Waals surface area contributed by atoms with E-state index in [0.29, 0.717) is 0 Å². The first-order valence-electron chi connectivity index (χ1n) is 14.0. The number of nitrogens with zero attached hydrogens (tertiary/aromatic N) is 3. The minimum Gasteiger partial charge on any atom is -0.352 e. The van der Waals surface area contributed by atoms with Gasteiger partial charge in [-0.15, -0.1) is 0 Å². The molecule has 8 rings (SSSR count). The van der Waals surface area contributed by atoms with Crippen molar-refractivity contribution in [2.75, 3.05) is 6.54 Å². The zero-order valence-electron chi connectivity index (χ0n) is 22.1. The van der Waals surface area contributed by atoms with Crippen LogP contribution in [0.2, 0.25) is 0 Å². The van der Waals surface area contributed by atoms with E-state index in [1.807, 2.05) is 6.07 Å². The second-order valence-corrected chi connectivity index (χ2v) is 11.4. The van der Waals surface area contributed by atoms with Gasteiger partial charge in [0.1, 0.15) is 18.0 Å². The van der Waals surface area contributed by atoms with Crippen LogP contribution in [0.1, 0.15) is 46.3 Å². The highest BCUT2D eigenvalue weighted by Gasteiger charge is 2.50. The summed E-state index contributed by atoms with van der Waals surface area (Å²) < 4.78 is 17.0. The molecule has 0 amide bonds. The van der Waals surface area contributed by atoms with Gasteiger partial charge in [-0.05, 0) is 78.8 Å². The van der Waals surface area contributed by atoms with Gasteiger partial charge >= 0.3 is 0 Å². The Hall–Kier alpha value is -4.18. The van der Waals surface area contributed by atoms with Crippen LogP contribution in [0.15, 0.2) is 98.0 Å². The molecule has 3 nitrogen and oxygen atoms in total. The van der Waals surface area contributed by atoms with E-state index < -0.39 is 0 Å². The van der Waals surface area contributed by atoms with Crippen molar-refractivity contribution >= 4 is 5.70 Å². The molecule has 3 atom stereocenters. The van der Waals surface area contributed by atoms with E-state index in [4.69, 9.17) is 6.58 Å². The van der Waals surface area contributed by atoms with Gasteiger partial charge in [0, 0.05) is 42.1 Å². The molecular weight excluding hydrogens is 481 g/mol. The quantitative estimate of drug-likeness (QED) is 0.255. The number of aromatic nitrogens is 1. The van der Waals surface area contributed by atoms with Gasteiger partial charge in [0.25, 0.3) is 0 Å². The maximum Gasteiger partial charge on any atom is 0.218 e. The molecule has 0 saturated carbocycles. The normalized spacial score (nSPS) is 22.3. The number of benzene rings is 3. The summed E-state index contributed by atoms with van der Waals surface area (Å²) in [6, 6.07) is 25.1. The largest absolute Gasteiger partial charge is 0.352 e. The van der Waals surface area contributed by atoms with E-state index in [2.05, 4.69) is 94.5 Å². The molecule has 0 N–H and O–H groups in total. The lowest BCUT2D eigenvalue weighted by Crippen LogP contribution is -2.53. The summed E-state index contributed by atoms with van der Waals surface area (Å²) in [5.41, 5.74) is 12.3. The standard InChI is InChI=1S/C35H31FN3/c1-22-19-32-28-14-12-27(36)20-26(28)11-13-30-29-10-6-9-25-15-16-37-17-18-38(35(37)33(25)29)34(30)23(2)39(32)21-31(22)24-7-4-3-5-8-24/h3-10,12,14,17-21,30,34-35H,2,11,13,15-16H2,1H3/q+1. The summed E-state index contributed by atoms with van der Waals surface area (Å²) >= 11 is 0. The zero-order valence-corrected chi connectivity index (χ0v) is 22.1. The Labute approximate surface area is 229 Å². The summed E-state index contributed by atoms with van der Waals surface area (Å²) in [5.74, 6) is 0.0777. The predicted molar refractivity (Wildman–Crippen MR) is 153 cm³/mol. The second kappa shape index (κ2) is 8.41. The Kier molecular flexibility index (Phi) is 4.91. The molecule has 0 radical (unpaired) electrons. The third-order valence-corrected chi connectivity index (χ3v) is 9.36. The molecule has 4 aromatic rings. The predicted octanol–water partition coefficient (Wildman–Crippen LogP) is 6.98. The topological polar surface area (TPSA) is 10.4 Å². The fourth-order valence-corrected chi connectivity index (χ4v) is 7.58. The van der Waals surface area contributed by atoms with Crippen LogP contribution in [0, 0.1) is 12.7 Å². The van der Waals surface area contributed by atoms with E-state index in [1.165, 1.54) is 33.4 Å². The van der Waals surface area contributed by atoms with Crippen LogP contribution in [-0.2, 0) is 12.8 Å². The van der Waals surface area contributed by atoms with E-state index in [9.17, 15) is 4.39 Å². The van der Waals surface area contributed by atoms with E-state index in [1.54, 1.807) is 12.1 Å². The molecule has 192 valence electrons. The Morgan fingerprint density at radius 2 is 1.77 bits per heavy atom. The van der Waals surface area contributed by atoms with Crippen molar-refractivity contribution in [2.45, 2.75) is 44.3 Å². The third-order valence-electron chi connectivity index (χ3n) is 9.36. The van der Waals surface area contributed by atoms with Crippen LogP contribution in [-0.4, -0.2) is 22.4 Å². The summed E-state index contributed by atoms with van der Waals surface area (Å²) in [6.45, 7) is 8.04. The van der Waals surface area contributed by atoms with Crippen molar-refractivity contribution in [3.8, 4) is 22.4 Å². The molecule has 3 aromatic carbocycles. The highest BCUT2D eigenvalue weighted by molar-refractivity contribution is 5.71. The zero-order chi connectivity index (χ0) is 26.2. The molecule has 5 heterocycles. The number of rotatable bonds is 1. The lowest BCUT2D eigenvalue weighted by molar-refractivity contribution is -0.573. The average Bonchev–Trinajstić information content (AvgIpc) is 3.41. The van der Waals surface area contributed by atoms with Gasteiger partial charge in [0.05, 0.1) is 5.56 Å². The van der Waals surface area contributed by atoms with Gasteiger partial charge in [0.15, 0.2) is 6.20 Å². The molecule has 1 aromatic heterocycles. The Morgan fingerprint density at radius 3 is 2.64 bits per heavy atom. The maximum atomic E-state index is 14.7. The summed E-state index contributed by atoms with van der Waals surface area (Å²) in [5, 5.41) is 0. The highest BCUT2D eigenvalue weighted by atomic mass is 19.1. The summed E-state index contributed by atoms with van der Waals surface area (Å²) in [6.07, 6.45) is 9.86. The van der Waals surface area contributed by atoms with Crippen molar-refractivity contribution in [1.82, 2.24) is 9.80 Å². The van der Waals surface area contributed by atoms with Gasteiger partial charge in [-0.3, -0.25) is 0 Å². The minimum atomic E-state index is -0.175. The third kappa shape index (κ3) is 3.30. The molecule has 4 aliphatic rings. The fourth-order valence-electron chi connectivity index (χ4n) is 7.58. The summed E-state index contributed by atoms with van der Waals surface area (Å²) in [7, 11) is 0. The number of hydrogen-bond donors (Lipinski definition) is 0. The molecule has 0 aliphatic carbocycles. The molecule has 4 heteroatoms. The SMILES string of the molecule is C=C1C2C(CCc3cc(F)ccc3-c3cc(C)c(-c4ccccc4)c[n+]31)c1cccc3c1C1N(C=CN21)CC3. The number of aryl methyl sites for hydroxylation is 2. The van der Waals surface area contributed by atoms with Gasteiger partial charge in [-0.2, -0.15) is 4.57 Å². The van der Waals surface area contributed by atoms with Gasteiger partial charge < -0.3 is 9.80 Å². The van der Waals surface area contributed by atoms with Crippen LogP contribution in [0.5, 0.6) is 0 Å². The first-order valence-corrected chi connectivity index (χ1v) is 14.0. The molecule has 3 unspecified atom stereocenters. The van der Waals surface area contributed by atoms with Gasteiger partial charge in [-0.25, -0.2) is 4.39 Å². The van der Waals surface area contributed by atoms with Crippen molar-refractivity contribution in [3.63, 3.8) is 0 Å². The number of hydrogen-bond acceptors (Lipinski definition) is 2. The van der Waals surface area contributed by atoms with Gasteiger partial charge in [-0.1, -0.05) is 48.5 Å². The first-order chi connectivity index (χ1) is 19.1. The molecule has 39 heavy (non-hydrogen) atoms. The Balaban J connectivity index is 1.39. The van der Waals surface area contributed by atoms with Crippen LogP contribution >= 0.6 is 0 Å². The molecular formula is C35H31FN3+. The van der Waals surface area contributed by atoms with Crippen molar-refractivity contribution < 1.29 is 8.96 Å².